The summed E-state index contributed by atoms with van der Waals surface area (Å²) in [5.41, 5.74) is 5.76. The molecule has 5 heteroatoms. The smallest absolute Gasteiger partial charge is 0.258 e. The molecule has 4 aromatic rings. The Bertz CT molecular complexity index is 1200. The molecule has 2 heterocycles. The topological polar surface area (TPSA) is 42.0 Å². The second-order valence-electron chi connectivity index (χ2n) is 7.52. The maximum atomic E-state index is 13.4. The van der Waals surface area contributed by atoms with Crippen LogP contribution in [0, 0.1) is 6.92 Å². The summed E-state index contributed by atoms with van der Waals surface area (Å²) in [7, 11) is 0. The van der Waals surface area contributed by atoms with Gasteiger partial charge in [-0.1, -0.05) is 48.5 Å². The molecule has 1 N–H and O–H groups in total. The fourth-order valence-corrected chi connectivity index (χ4v) is 5.61. The fraction of sp³-hybridized carbons (Fsp3) is 0.200. The number of nitrogens with zero attached hydrogens (tertiary/aromatic N) is 1. The predicted molar refractivity (Wildman–Crippen MR) is 128 cm³/mol. The van der Waals surface area contributed by atoms with Gasteiger partial charge in [0.2, 0.25) is 0 Å². The molecule has 0 bridgehead atoms. The average Bonchev–Trinajstić information content (AvgIpc) is 3.12. The van der Waals surface area contributed by atoms with E-state index in [1.807, 2.05) is 55.5 Å². The quantitative estimate of drug-likeness (QED) is 0.384. The van der Waals surface area contributed by atoms with Crippen molar-refractivity contribution in [3.8, 4) is 11.1 Å². The summed E-state index contributed by atoms with van der Waals surface area (Å²) in [6, 6.07) is 19.9. The molecular weight excluding hydrogens is 412 g/mol. The van der Waals surface area contributed by atoms with E-state index in [1.54, 1.807) is 11.3 Å². The molecule has 1 aliphatic carbocycles. The highest BCUT2D eigenvalue weighted by molar-refractivity contribution is 7.19. The van der Waals surface area contributed by atoms with E-state index < -0.39 is 0 Å². The number of hydrogen-bond donors (Lipinski definition) is 1. The van der Waals surface area contributed by atoms with Gasteiger partial charge in [-0.05, 0) is 55.9 Å². The molecule has 0 atom stereocenters. The largest absolute Gasteiger partial charge is 0.322 e. The molecule has 3 nitrogen and oxygen atoms in total. The number of fused-ring (bicyclic) bond motifs is 3. The highest BCUT2D eigenvalue weighted by atomic mass is 35.5. The van der Waals surface area contributed by atoms with Crippen molar-refractivity contribution in [3.63, 3.8) is 0 Å². The molecule has 0 aliphatic heterocycles. The summed E-state index contributed by atoms with van der Waals surface area (Å²) >= 11 is 1.80. The van der Waals surface area contributed by atoms with Crippen molar-refractivity contribution >= 4 is 45.6 Å². The minimum absolute atomic E-state index is 0. The Balaban J connectivity index is 0.00000218. The number of rotatable bonds is 3. The van der Waals surface area contributed by atoms with Gasteiger partial charge in [-0.25, -0.2) is 4.98 Å². The summed E-state index contributed by atoms with van der Waals surface area (Å²) in [6.45, 7) is 1.95. The maximum absolute atomic E-state index is 13.4. The van der Waals surface area contributed by atoms with Crippen LogP contribution in [0.25, 0.3) is 21.3 Å². The Morgan fingerprint density at radius 3 is 2.37 bits per heavy atom. The van der Waals surface area contributed by atoms with Gasteiger partial charge in [-0.2, -0.15) is 0 Å². The van der Waals surface area contributed by atoms with E-state index in [2.05, 4.69) is 17.4 Å². The van der Waals surface area contributed by atoms with Gasteiger partial charge in [0.1, 0.15) is 4.83 Å². The number of halogens is 1. The van der Waals surface area contributed by atoms with Crippen LogP contribution in [0.2, 0.25) is 0 Å². The molecule has 0 spiro atoms. The lowest BCUT2D eigenvalue weighted by Crippen LogP contribution is -2.16. The second kappa shape index (κ2) is 8.58. The van der Waals surface area contributed by atoms with E-state index in [9.17, 15) is 4.79 Å². The highest BCUT2D eigenvalue weighted by Gasteiger charge is 2.26. The van der Waals surface area contributed by atoms with Crippen molar-refractivity contribution in [1.29, 1.82) is 0 Å². The lowest BCUT2D eigenvalue weighted by molar-refractivity contribution is 0.102. The number of aryl methyl sites for hydroxylation is 3. The molecular formula is C25H23ClN2OS. The van der Waals surface area contributed by atoms with Gasteiger partial charge in [0.05, 0.1) is 11.3 Å². The molecule has 0 unspecified atom stereocenters. The van der Waals surface area contributed by atoms with Crippen LogP contribution < -0.4 is 5.32 Å². The summed E-state index contributed by atoms with van der Waals surface area (Å²) in [5.74, 6) is -0.0993. The summed E-state index contributed by atoms with van der Waals surface area (Å²) < 4.78 is 0. The standard InChI is InChI=1S/C25H22N2OS.ClH/c1-16-21(24(28)27-18-12-6-3-7-13-18)22(17-10-4-2-5-11-17)23-19-14-8-9-15-20(19)29-25(23)26-16;/h2-7,10-13H,8-9,14-15H2,1H3,(H,27,28);1H. The third kappa shape index (κ3) is 3.62. The van der Waals surface area contributed by atoms with Crippen LogP contribution in [-0.4, -0.2) is 10.9 Å². The SMILES string of the molecule is Cc1nc2sc3c(c2c(-c2ccccc2)c1C(=O)Nc1ccccc1)CCCC3.Cl. The Kier molecular flexibility index (Phi) is 5.89. The van der Waals surface area contributed by atoms with E-state index in [4.69, 9.17) is 4.98 Å². The number of para-hydroxylation sites is 1. The van der Waals surface area contributed by atoms with Crippen molar-refractivity contribution in [2.45, 2.75) is 32.6 Å². The van der Waals surface area contributed by atoms with Gasteiger partial charge in [-0.3, -0.25) is 4.79 Å². The Morgan fingerprint density at radius 2 is 1.63 bits per heavy atom. The van der Waals surface area contributed by atoms with Gasteiger partial charge in [0, 0.05) is 21.5 Å². The summed E-state index contributed by atoms with van der Waals surface area (Å²) in [5, 5.41) is 4.25. The molecule has 0 fully saturated rings. The fourth-order valence-electron chi connectivity index (χ4n) is 4.29. The minimum atomic E-state index is -0.0993. The molecule has 5 rings (SSSR count). The monoisotopic (exact) mass is 434 g/mol. The van der Waals surface area contributed by atoms with E-state index in [0.29, 0.717) is 5.56 Å². The van der Waals surface area contributed by atoms with Crippen molar-refractivity contribution in [2.24, 2.45) is 0 Å². The molecule has 1 aliphatic rings. The van der Waals surface area contributed by atoms with Crippen molar-refractivity contribution in [2.75, 3.05) is 5.32 Å². The van der Waals surface area contributed by atoms with E-state index >= 15 is 0 Å². The normalized spacial score (nSPS) is 12.8. The molecule has 30 heavy (non-hydrogen) atoms. The van der Waals surface area contributed by atoms with Crippen LogP contribution in [-0.2, 0) is 12.8 Å². The van der Waals surface area contributed by atoms with Crippen LogP contribution in [0.15, 0.2) is 60.7 Å². The first-order valence-corrected chi connectivity index (χ1v) is 10.9. The first-order valence-electron chi connectivity index (χ1n) is 10.1. The first-order chi connectivity index (χ1) is 14.2. The van der Waals surface area contributed by atoms with Crippen molar-refractivity contribution < 1.29 is 4.79 Å². The Hall–Kier alpha value is -2.69. The van der Waals surface area contributed by atoms with E-state index in [-0.39, 0.29) is 18.3 Å². The van der Waals surface area contributed by atoms with Crippen LogP contribution in [0.4, 0.5) is 5.69 Å². The average molecular weight is 435 g/mol. The third-order valence-corrected chi connectivity index (χ3v) is 6.79. The third-order valence-electron chi connectivity index (χ3n) is 5.60. The number of amides is 1. The van der Waals surface area contributed by atoms with Crippen molar-refractivity contribution in [1.82, 2.24) is 4.98 Å². The summed E-state index contributed by atoms with van der Waals surface area (Å²) in [4.78, 5) is 20.8. The predicted octanol–water partition coefficient (Wildman–Crippen LogP) is 6.82. The van der Waals surface area contributed by atoms with Crippen molar-refractivity contribution in [3.05, 3.63) is 82.4 Å². The zero-order valence-electron chi connectivity index (χ0n) is 16.8. The van der Waals surface area contributed by atoms with Crippen LogP contribution >= 0.6 is 23.7 Å². The molecule has 2 aromatic heterocycles. The number of anilines is 1. The number of hydrogen-bond acceptors (Lipinski definition) is 3. The molecule has 0 saturated heterocycles. The van der Waals surface area contributed by atoms with Gasteiger partial charge >= 0.3 is 0 Å². The Labute approximate surface area is 186 Å². The molecule has 0 radical (unpaired) electrons. The van der Waals surface area contributed by atoms with Crippen LogP contribution in [0.1, 0.15) is 39.3 Å². The highest BCUT2D eigenvalue weighted by Crippen LogP contribution is 2.43. The molecule has 0 saturated carbocycles. The Morgan fingerprint density at radius 1 is 0.967 bits per heavy atom. The van der Waals surface area contributed by atoms with E-state index in [0.717, 1.165) is 40.2 Å². The second-order valence-corrected chi connectivity index (χ2v) is 8.61. The van der Waals surface area contributed by atoms with Crippen LogP contribution in [0.3, 0.4) is 0 Å². The molecule has 2 aromatic carbocycles. The number of aromatic nitrogens is 1. The lowest BCUT2D eigenvalue weighted by atomic mass is 9.89. The number of carbonyl (C=O) groups is 1. The van der Waals surface area contributed by atoms with E-state index in [1.165, 1.54) is 28.7 Å². The van der Waals surface area contributed by atoms with Gasteiger partial charge in [0.15, 0.2) is 0 Å². The zero-order valence-corrected chi connectivity index (χ0v) is 18.4. The van der Waals surface area contributed by atoms with Crippen LogP contribution in [0.5, 0.6) is 0 Å². The van der Waals surface area contributed by atoms with Gasteiger partial charge in [-0.15, -0.1) is 23.7 Å². The number of nitrogens with one attached hydrogen (secondary N) is 1. The number of thiophene rings is 1. The minimum Gasteiger partial charge on any atom is -0.322 e. The number of benzene rings is 2. The summed E-state index contributed by atoms with van der Waals surface area (Å²) in [6.07, 6.45) is 4.63. The number of pyridine rings is 1. The van der Waals surface area contributed by atoms with Gasteiger partial charge in [0.25, 0.3) is 5.91 Å². The lowest BCUT2D eigenvalue weighted by Gasteiger charge is -2.17. The molecule has 1 amide bonds. The zero-order chi connectivity index (χ0) is 19.8. The maximum Gasteiger partial charge on any atom is 0.258 e. The number of carbonyl (C=O) groups excluding carboxylic acids is 1. The molecule has 152 valence electrons. The first kappa shape index (κ1) is 20.6. The van der Waals surface area contributed by atoms with Gasteiger partial charge < -0.3 is 5.32 Å².